The summed E-state index contributed by atoms with van der Waals surface area (Å²) < 4.78 is 0. The van der Waals surface area contributed by atoms with Crippen molar-refractivity contribution in [2.24, 2.45) is 0 Å². The fourth-order valence-electron chi connectivity index (χ4n) is 2.80. The summed E-state index contributed by atoms with van der Waals surface area (Å²) in [4.78, 5) is 9.29. The topological polar surface area (TPSA) is 31.4 Å². The maximum atomic E-state index is 4.26. The molecule has 1 fully saturated rings. The summed E-state index contributed by atoms with van der Waals surface area (Å²) in [5.41, 5.74) is 1.33. The van der Waals surface area contributed by atoms with Gasteiger partial charge in [-0.2, -0.15) is 0 Å². The van der Waals surface area contributed by atoms with Crippen molar-refractivity contribution in [3.05, 3.63) is 23.9 Å². The first kappa shape index (κ1) is 14.3. The molecule has 106 valence electrons. The SMILES string of the molecule is CCN1CCC(N(C)Cc2ccnc(NC)c2)CC1. The molecular weight excluding hydrogens is 236 g/mol. The Balaban J connectivity index is 1.88. The van der Waals surface area contributed by atoms with E-state index in [-0.39, 0.29) is 0 Å². The van der Waals surface area contributed by atoms with E-state index >= 15 is 0 Å². The van der Waals surface area contributed by atoms with Crippen molar-refractivity contribution in [3.8, 4) is 0 Å². The quantitative estimate of drug-likeness (QED) is 0.880. The molecule has 0 amide bonds. The van der Waals surface area contributed by atoms with E-state index in [0.29, 0.717) is 6.04 Å². The van der Waals surface area contributed by atoms with Crippen molar-refractivity contribution in [3.63, 3.8) is 0 Å². The van der Waals surface area contributed by atoms with Crippen LogP contribution in [0.4, 0.5) is 5.82 Å². The van der Waals surface area contributed by atoms with E-state index in [1.54, 1.807) is 0 Å². The number of hydrogen-bond donors (Lipinski definition) is 1. The molecule has 0 spiro atoms. The van der Waals surface area contributed by atoms with Crippen molar-refractivity contribution in [2.75, 3.05) is 39.0 Å². The van der Waals surface area contributed by atoms with E-state index < -0.39 is 0 Å². The minimum Gasteiger partial charge on any atom is -0.373 e. The standard InChI is InChI=1S/C15H26N4/c1-4-19-9-6-14(7-10-19)18(3)12-13-5-8-17-15(11-13)16-2/h5,8,11,14H,4,6-7,9-10,12H2,1-3H3,(H,16,17). The molecule has 4 nitrogen and oxygen atoms in total. The predicted molar refractivity (Wildman–Crippen MR) is 80.4 cm³/mol. The zero-order valence-electron chi connectivity index (χ0n) is 12.4. The Labute approximate surface area is 116 Å². The molecule has 0 atom stereocenters. The third-order valence-electron chi connectivity index (χ3n) is 4.14. The molecule has 0 aliphatic carbocycles. The number of likely N-dealkylation sites (tertiary alicyclic amines) is 1. The van der Waals surface area contributed by atoms with Crippen molar-refractivity contribution in [1.82, 2.24) is 14.8 Å². The molecule has 0 unspecified atom stereocenters. The smallest absolute Gasteiger partial charge is 0.125 e. The van der Waals surface area contributed by atoms with Crippen LogP contribution in [0.1, 0.15) is 25.3 Å². The Kier molecular flexibility index (Phi) is 5.16. The molecule has 2 heterocycles. The molecule has 0 aromatic carbocycles. The van der Waals surface area contributed by atoms with Crippen LogP contribution in [0.2, 0.25) is 0 Å². The molecule has 0 radical (unpaired) electrons. The molecule has 4 heteroatoms. The lowest BCUT2D eigenvalue weighted by Crippen LogP contribution is -2.42. The number of pyridine rings is 1. The van der Waals surface area contributed by atoms with Crippen molar-refractivity contribution >= 4 is 5.82 Å². The van der Waals surface area contributed by atoms with Gasteiger partial charge in [-0.25, -0.2) is 4.98 Å². The van der Waals surface area contributed by atoms with Gasteiger partial charge in [0.05, 0.1) is 0 Å². The number of rotatable bonds is 5. The maximum Gasteiger partial charge on any atom is 0.125 e. The minimum absolute atomic E-state index is 0.717. The molecule has 1 aliphatic rings. The minimum atomic E-state index is 0.717. The summed E-state index contributed by atoms with van der Waals surface area (Å²) in [6.45, 7) is 6.92. The van der Waals surface area contributed by atoms with Crippen LogP contribution in [-0.2, 0) is 6.54 Å². The fourth-order valence-corrected chi connectivity index (χ4v) is 2.80. The predicted octanol–water partition coefficient (Wildman–Crippen LogP) is 2.04. The summed E-state index contributed by atoms with van der Waals surface area (Å²) in [6.07, 6.45) is 4.46. The first-order valence-electron chi connectivity index (χ1n) is 7.28. The molecule has 19 heavy (non-hydrogen) atoms. The lowest BCUT2D eigenvalue weighted by Gasteiger charge is -2.36. The Morgan fingerprint density at radius 3 is 2.79 bits per heavy atom. The van der Waals surface area contributed by atoms with E-state index in [4.69, 9.17) is 0 Å². The number of anilines is 1. The molecular formula is C15H26N4. The highest BCUT2D eigenvalue weighted by Crippen LogP contribution is 2.18. The van der Waals surface area contributed by atoms with Gasteiger partial charge in [0.1, 0.15) is 5.82 Å². The van der Waals surface area contributed by atoms with E-state index in [1.165, 1.54) is 38.0 Å². The Morgan fingerprint density at radius 2 is 2.16 bits per heavy atom. The number of aromatic nitrogens is 1. The normalized spacial score (nSPS) is 17.9. The van der Waals surface area contributed by atoms with Gasteiger partial charge in [0.15, 0.2) is 0 Å². The van der Waals surface area contributed by atoms with E-state index in [2.05, 4.69) is 46.2 Å². The highest BCUT2D eigenvalue weighted by atomic mass is 15.2. The average molecular weight is 262 g/mol. The van der Waals surface area contributed by atoms with Gasteiger partial charge >= 0.3 is 0 Å². The van der Waals surface area contributed by atoms with Gasteiger partial charge in [-0.05, 0) is 57.2 Å². The molecule has 1 N–H and O–H groups in total. The van der Waals surface area contributed by atoms with E-state index in [1.807, 2.05) is 13.2 Å². The largest absolute Gasteiger partial charge is 0.373 e. The lowest BCUT2D eigenvalue weighted by molar-refractivity contribution is 0.127. The molecule has 0 bridgehead atoms. The molecule has 2 rings (SSSR count). The van der Waals surface area contributed by atoms with Gasteiger partial charge in [0.25, 0.3) is 0 Å². The van der Waals surface area contributed by atoms with Crippen molar-refractivity contribution in [2.45, 2.75) is 32.4 Å². The van der Waals surface area contributed by atoms with Crippen molar-refractivity contribution < 1.29 is 0 Å². The molecule has 1 aliphatic heterocycles. The second-order valence-corrected chi connectivity index (χ2v) is 5.38. The van der Waals surface area contributed by atoms with Crippen LogP contribution in [0.5, 0.6) is 0 Å². The van der Waals surface area contributed by atoms with Crippen LogP contribution in [0, 0.1) is 0 Å². The van der Waals surface area contributed by atoms with Crippen LogP contribution in [-0.4, -0.2) is 54.6 Å². The van der Waals surface area contributed by atoms with Gasteiger partial charge in [0.2, 0.25) is 0 Å². The number of piperidine rings is 1. The highest BCUT2D eigenvalue weighted by molar-refractivity contribution is 5.36. The van der Waals surface area contributed by atoms with Gasteiger partial charge in [0, 0.05) is 25.8 Å². The zero-order valence-corrected chi connectivity index (χ0v) is 12.4. The van der Waals surface area contributed by atoms with Crippen molar-refractivity contribution in [1.29, 1.82) is 0 Å². The van der Waals surface area contributed by atoms with Crippen LogP contribution < -0.4 is 5.32 Å². The maximum absolute atomic E-state index is 4.26. The molecule has 1 aromatic rings. The third kappa shape index (κ3) is 3.91. The summed E-state index contributed by atoms with van der Waals surface area (Å²) in [6, 6.07) is 4.96. The number of nitrogens with zero attached hydrogens (tertiary/aromatic N) is 3. The Morgan fingerprint density at radius 1 is 1.42 bits per heavy atom. The summed E-state index contributed by atoms with van der Waals surface area (Å²) in [5.74, 6) is 0.951. The lowest BCUT2D eigenvalue weighted by atomic mass is 10.0. The monoisotopic (exact) mass is 262 g/mol. The van der Waals surface area contributed by atoms with Crippen LogP contribution in [0.15, 0.2) is 18.3 Å². The number of hydrogen-bond acceptors (Lipinski definition) is 4. The van der Waals surface area contributed by atoms with Crippen LogP contribution >= 0.6 is 0 Å². The van der Waals surface area contributed by atoms with Gasteiger partial charge in [-0.3, -0.25) is 4.90 Å². The summed E-state index contributed by atoms with van der Waals surface area (Å²) >= 11 is 0. The number of nitrogens with one attached hydrogen (secondary N) is 1. The first-order valence-corrected chi connectivity index (χ1v) is 7.28. The average Bonchev–Trinajstić information content (AvgIpc) is 2.47. The first-order chi connectivity index (χ1) is 9.22. The van der Waals surface area contributed by atoms with E-state index in [0.717, 1.165) is 12.4 Å². The zero-order chi connectivity index (χ0) is 13.7. The van der Waals surface area contributed by atoms with Gasteiger partial charge in [-0.15, -0.1) is 0 Å². The van der Waals surface area contributed by atoms with Gasteiger partial charge in [-0.1, -0.05) is 6.92 Å². The summed E-state index contributed by atoms with van der Waals surface area (Å²) in [7, 11) is 4.15. The second-order valence-electron chi connectivity index (χ2n) is 5.38. The fraction of sp³-hybridized carbons (Fsp3) is 0.667. The Hall–Kier alpha value is -1.13. The van der Waals surface area contributed by atoms with E-state index in [9.17, 15) is 0 Å². The third-order valence-corrected chi connectivity index (χ3v) is 4.14. The van der Waals surface area contributed by atoms with Gasteiger partial charge < -0.3 is 10.2 Å². The molecule has 0 saturated carbocycles. The highest BCUT2D eigenvalue weighted by Gasteiger charge is 2.21. The Bertz CT molecular complexity index is 385. The second kappa shape index (κ2) is 6.87. The molecule has 1 saturated heterocycles. The molecule has 1 aromatic heterocycles. The van der Waals surface area contributed by atoms with Crippen LogP contribution in [0.3, 0.4) is 0 Å². The van der Waals surface area contributed by atoms with Crippen LogP contribution in [0.25, 0.3) is 0 Å². The summed E-state index contributed by atoms with van der Waals surface area (Å²) in [5, 5.41) is 3.10.